The average Bonchev–Trinajstić information content (AvgIpc) is 3.03. The molecule has 0 saturated carbocycles. The van der Waals surface area contributed by atoms with Crippen molar-refractivity contribution >= 4 is 151 Å². The van der Waals surface area contributed by atoms with Crippen LogP contribution < -0.4 is 10.6 Å². The Bertz CT molecular complexity index is 2370. The second-order valence-corrected chi connectivity index (χ2v) is 15.3. The van der Waals surface area contributed by atoms with Crippen molar-refractivity contribution in [1.29, 1.82) is 0 Å². The number of rotatable bonds is 6. The molecule has 2 aliphatic rings. The molecular formula is C32H16CaCl4N2O12S2. The maximum absolute atomic E-state index is 12.8. The molecule has 0 heterocycles. The molecule has 0 spiro atoms. The first-order valence-electron chi connectivity index (χ1n) is 14.1. The Balaban J connectivity index is 0.000000232. The van der Waals surface area contributed by atoms with E-state index >= 15 is 0 Å². The van der Waals surface area contributed by atoms with Gasteiger partial charge < -0.3 is 19.7 Å². The van der Waals surface area contributed by atoms with Crippen molar-refractivity contribution in [3.8, 4) is 0 Å². The molecule has 0 bridgehead atoms. The van der Waals surface area contributed by atoms with E-state index in [2.05, 4.69) is 10.6 Å². The third-order valence-electron chi connectivity index (χ3n) is 7.35. The van der Waals surface area contributed by atoms with Crippen molar-refractivity contribution < 1.29 is 54.7 Å². The molecular weight excluding hydrogens is 850 g/mol. The molecule has 53 heavy (non-hydrogen) atoms. The van der Waals surface area contributed by atoms with E-state index in [4.69, 9.17) is 46.4 Å². The second kappa shape index (κ2) is 16.2. The van der Waals surface area contributed by atoms with Gasteiger partial charge in [-0.1, -0.05) is 94.9 Å². The Hall–Kier alpha value is -3.26. The Labute approximate surface area is 349 Å². The predicted molar refractivity (Wildman–Crippen MR) is 192 cm³/mol. The summed E-state index contributed by atoms with van der Waals surface area (Å²) < 4.78 is 64.5. The molecule has 2 aliphatic carbocycles. The van der Waals surface area contributed by atoms with E-state index in [9.17, 15) is 54.7 Å². The summed E-state index contributed by atoms with van der Waals surface area (Å²) >= 11 is 24.2. The first kappa shape index (κ1) is 42.5. The molecule has 2 N–H and O–H groups in total. The number of hydrogen-bond donors (Lipinski definition) is 2. The van der Waals surface area contributed by atoms with Gasteiger partial charge in [0, 0.05) is 22.3 Å². The van der Waals surface area contributed by atoms with Crippen LogP contribution >= 0.6 is 46.4 Å². The molecule has 4 aromatic carbocycles. The largest absolute Gasteiger partial charge is 2.00 e. The van der Waals surface area contributed by atoms with Crippen molar-refractivity contribution in [1.82, 2.24) is 0 Å². The first-order valence-corrected chi connectivity index (χ1v) is 18.7. The number of halogens is 4. The quantitative estimate of drug-likeness (QED) is 0.178. The number of carbonyl (C=O) groups excluding carboxylic acids is 6. The topological polar surface area (TPSA) is 241 Å². The van der Waals surface area contributed by atoms with Gasteiger partial charge in [0.25, 0.3) is 0 Å². The standard InChI is InChI=1S/2C16H9Cl2NO6S.Ca/c2*17-9-5-10(18)14(19-11(20)6-26(23,24)25)13-12(9)15(21)7-3-1-2-4-8(7)16(13)22;/h2*1-5H,6H2,(H,19,20)(H,23,24,25);/q;;+2/p-2. The second-order valence-electron chi connectivity index (χ2n) is 10.8. The van der Waals surface area contributed by atoms with Crippen molar-refractivity contribution in [3.63, 3.8) is 0 Å². The van der Waals surface area contributed by atoms with Gasteiger partial charge in [0.05, 0.1) is 53.7 Å². The van der Waals surface area contributed by atoms with Crippen LogP contribution in [0.4, 0.5) is 11.4 Å². The zero-order valence-corrected chi connectivity index (χ0v) is 33.0. The van der Waals surface area contributed by atoms with Crippen LogP contribution in [0.3, 0.4) is 0 Å². The molecule has 0 fully saturated rings. The van der Waals surface area contributed by atoms with E-state index in [1.165, 1.54) is 24.3 Å². The fourth-order valence-corrected chi connectivity index (χ4v) is 7.33. The van der Waals surface area contributed by atoms with E-state index in [0.29, 0.717) is 0 Å². The Morgan fingerprint density at radius 3 is 1.04 bits per heavy atom. The van der Waals surface area contributed by atoms with Gasteiger partial charge in [-0.15, -0.1) is 0 Å². The van der Waals surface area contributed by atoms with Crippen LogP contribution in [0.25, 0.3) is 0 Å². The molecule has 6 rings (SSSR count). The van der Waals surface area contributed by atoms with Gasteiger partial charge in [0.15, 0.2) is 23.1 Å². The molecule has 268 valence electrons. The van der Waals surface area contributed by atoms with Crippen molar-refractivity contribution in [2.24, 2.45) is 0 Å². The van der Waals surface area contributed by atoms with Crippen molar-refractivity contribution in [3.05, 3.63) is 125 Å². The van der Waals surface area contributed by atoms with E-state index < -0.39 is 66.7 Å². The fraction of sp³-hybridized carbons (Fsp3) is 0.0625. The summed E-state index contributed by atoms with van der Waals surface area (Å²) in [5, 5.41) is 3.71. The number of hydrogen-bond acceptors (Lipinski definition) is 12. The van der Waals surface area contributed by atoms with Crippen LogP contribution in [-0.4, -0.2) is 110 Å². The summed E-state index contributed by atoms with van der Waals surface area (Å²) in [6, 6.07) is 14.4. The minimum atomic E-state index is -4.84. The molecule has 0 saturated heterocycles. The normalized spacial score (nSPS) is 12.9. The van der Waals surface area contributed by atoms with E-state index in [1.807, 2.05) is 0 Å². The summed E-state index contributed by atoms with van der Waals surface area (Å²) in [4.78, 5) is 74.7. The zero-order chi connectivity index (χ0) is 38.4. The molecule has 21 heteroatoms. The maximum atomic E-state index is 12.8. The van der Waals surface area contributed by atoms with Crippen LogP contribution in [0.5, 0.6) is 0 Å². The van der Waals surface area contributed by atoms with Crippen molar-refractivity contribution in [2.75, 3.05) is 22.1 Å². The zero-order valence-electron chi connectivity index (χ0n) is 26.1. The minimum Gasteiger partial charge on any atom is -0.748 e. The number of benzene rings is 4. The summed E-state index contributed by atoms with van der Waals surface area (Å²) in [5.74, 6) is -7.37. The smallest absolute Gasteiger partial charge is 0.748 e. The monoisotopic (exact) mass is 864 g/mol. The third kappa shape index (κ3) is 9.00. The van der Waals surface area contributed by atoms with E-state index in [1.54, 1.807) is 24.3 Å². The number of carbonyl (C=O) groups is 6. The van der Waals surface area contributed by atoms with Gasteiger partial charge in [0.2, 0.25) is 11.8 Å². The molecule has 14 nitrogen and oxygen atoms in total. The fourth-order valence-electron chi connectivity index (χ4n) is 5.35. The number of ketones is 4. The van der Waals surface area contributed by atoms with Gasteiger partial charge in [-0.25, -0.2) is 16.8 Å². The van der Waals surface area contributed by atoms with E-state index in [-0.39, 0.29) is 114 Å². The predicted octanol–water partition coefficient (Wildman–Crippen LogP) is 4.12. The molecule has 0 radical (unpaired) electrons. The van der Waals surface area contributed by atoms with Crippen LogP contribution in [0, 0.1) is 0 Å². The van der Waals surface area contributed by atoms with Crippen LogP contribution in [0.15, 0.2) is 60.7 Å². The number of fused-ring (bicyclic) bond motifs is 4. The summed E-state index contributed by atoms with van der Waals surface area (Å²) in [6.07, 6.45) is 0. The minimum absolute atomic E-state index is 0. The maximum Gasteiger partial charge on any atom is 2.00 e. The Morgan fingerprint density at radius 2 is 0.774 bits per heavy atom. The summed E-state index contributed by atoms with van der Waals surface area (Å²) in [5.41, 5.74) is -0.862. The summed E-state index contributed by atoms with van der Waals surface area (Å²) in [6.45, 7) is 0. The van der Waals surface area contributed by atoms with Crippen LogP contribution in [-0.2, 0) is 29.8 Å². The molecule has 0 aromatic heterocycles. The van der Waals surface area contributed by atoms with Crippen LogP contribution in [0.2, 0.25) is 20.1 Å². The summed E-state index contributed by atoms with van der Waals surface area (Å²) in [7, 11) is -9.68. The van der Waals surface area contributed by atoms with Gasteiger partial charge in [-0.2, -0.15) is 0 Å². The molecule has 0 unspecified atom stereocenters. The van der Waals surface area contributed by atoms with Gasteiger partial charge in [0.1, 0.15) is 31.7 Å². The Kier molecular flexibility index (Phi) is 13.0. The van der Waals surface area contributed by atoms with Gasteiger partial charge in [-0.05, 0) is 12.1 Å². The third-order valence-corrected chi connectivity index (χ3v) is 9.77. The van der Waals surface area contributed by atoms with Crippen LogP contribution in [0.1, 0.15) is 63.7 Å². The van der Waals surface area contributed by atoms with Gasteiger partial charge in [-0.3, -0.25) is 28.8 Å². The SMILES string of the molecule is O=C(CS(=O)(=O)[O-])Nc1c(Cl)cc(Cl)c2c1C(=O)c1ccccc1C2=O.O=C(CS(=O)(=O)[O-])Nc1c(Cl)cc(Cl)c2c1C(=O)c1ccccc1C2=O.[Ca+2]. The first-order chi connectivity index (χ1) is 24.2. The van der Waals surface area contributed by atoms with E-state index in [0.717, 1.165) is 12.1 Å². The molecule has 4 aromatic rings. The number of amides is 2. The Morgan fingerprint density at radius 1 is 0.509 bits per heavy atom. The van der Waals surface area contributed by atoms with Gasteiger partial charge >= 0.3 is 37.7 Å². The molecule has 2 amide bonds. The molecule has 0 atom stereocenters. The number of anilines is 2. The average molecular weight is 867 g/mol. The van der Waals surface area contributed by atoms with Crippen molar-refractivity contribution in [2.45, 2.75) is 0 Å². The molecule has 0 aliphatic heterocycles. The number of nitrogens with one attached hydrogen (secondary N) is 2.